The highest BCUT2D eigenvalue weighted by molar-refractivity contribution is 6.36. The second kappa shape index (κ2) is 4.70. The summed E-state index contributed by atoms with van der Waals surface area (Å²) in [5, 5.41) is 11.4. The Morgan fingerprint density at radius 3 is 2.44 bits per heavy atom. The van der Waals surface area contributed by atoms with Gasteiger partial charge in [-0.25, -0.2) is 0 Å². The lowest BCUT2D eigenvalue weighted by molar-refractivity contribution is 0.0652. The normalized spacial score (nSPS) is 34.2. The minimum atomic E-state index is 0.0253. The number of halogens is 2. The van der Waals surface area contributed by atoms with Crippen LogP contribution in [-0.2, 0) is 6.42 Å². The van der Waals surface area contributed by atoms with Gasteiger partial charge >= 0.3 is 0 Å². The molecule has 0 heterocycles. The van der Waals surface area contributed by atoms with Gasteiger partial charge in [0.25, 0.3) is 0 Å². The highest BCUT2D eigenvalue weighted by Crippen LogP contribution is 2.57. The van der Waals surface area contributed by atoms with Gasteiger partial charge in [-0.2, -0.15) is 0 Å². The molecule has 3 heteroatoms. The average molecular weight is 285 g/mol. The van der Waals surface area contributed by atoms with E-state index in [0.717, 1.165) is 34.4 Å². The van der Waals surface area contributed by atoms with E-state index >= 15 is 0 Å². The molecule has 2 saturated carbocycles. The van der Waals surface area contributed by atoms with Crippen LogP contribution >= 0.6 is 23.2 Å². The lowest BCUT2D eigenvalue weighted by Gasteiger charge is -2.36. The summed E-state index contributed by atoms with van der Waals surface area (Å²) in [5.41, 5.74) is 1.04. The number of fused-ring (bicyclic) bond motifs is 2. The lowest BCUT2D eigenvalue weighted by Crippen LogP contribution is -2.34. The quantitative estimate of drug-likeness (QED) is 0.876. The average Bonchev–Trinajstić information content (AvgIpc) is 2.95. The largest absolute Gasteiger partial charge is 0.396 e. The molecule has 0 spiro atoms. The molecule has 2 aliphatic carbocycles. The second-order valence-electron chi connectivity index (χ2n) is 5.98. The maximum absolute atomic E-state index is 9.90. The van der Waals surface area contributed by atoms with Gasteiger partial charge < -0.3 is 5.11 Å². The summed E-state index contributed by atoms with van der Waals surface area (Å²) >= 11 is 12.5. The van der Waals surface area contributed by atoms with Gasteiger partial charge in [-0.1, -0.05) is 35.7 Å². The molecule has 2 aliphatic rings. The molecule has 1 N–H and O–H groups in total. The summed E-state index contributed by atoms with van der Waals surface area (Å²) in [4.78, 5) is 0. The maximum Gasteiger partial charge on any atom is 0.0493 e. The SMILES string of the molecule is OCC1(Cc2c(Cl)cccc2Cl)CC2CCC1C2. The van der Waals surface area contributed by atoms with E-state index in [0.29, 0.717) is 5.92 Å². The van der Waals surface area contributed by atoms with E-state index in [1.807, 2.05) is 18.2 Å². The third-order valence-electron chi connectivity index (χ3n) is 5.01. The van der Waals surface area contributed by atoms with Gasteiger partial charge in [0.05, 0.1) is 0 Å². The lowest BCUT2D eigenvalue weighted by atomic mass is 9.70. The van der Waals surface area contributed by atoms with E-state index < -0.39 is 0 Å². The van der Waals surface area contributed by atoms with Crippen LogP contribution in [0, 0.1) is 17.3 Å². The fourth-order valence-electron chi connectivity index (χ4n) is 4.08. The van der Waals surface area contributed by atoms with E-state index in [-0.39, 0.29) is 12.0 Å². The van der Waals surface area contributed by atoms with Crippen molar-refractivity contribution in [2.24, 2.45) is 17.3 Å². The molecular formula is C15H18Cl2O. The summed E-state index contributed by atoms with van der Waals surface area (Å²) in [6, 6.07) is 5.66. The minimum absolute atomic E-state index is 0.0253. The van der Waals surface area contributed by atoms with Crippen molar-refractivity contribution < 1.29 is 5.11 Å². The number of hydrogen-bond acceptors (Lipinski definition) is 1. The molecule has 3 rings (SSSR count). The summed E-state index contributed by atoms with van der Waals surface area (Å²) in [6.07, 6.45) is 5.83. The molecule has 0 amide bonds. The van der Waals surface area contributed by atoms with Crippen molar-refractivity contribution in [1.29, 1.82) is 0 Å². The van der Waals surface area contributed by atoms with Crippen molar-refractivity contribution in [3.8, 4) is 0 Å². The maximum atomic E-state index is 9.90. The van der Waals surface area contributed by atoms with Crippen LogP contribution in [0.25, 0.3) is 0 Å². The molecule has 3 atom stereocenters. The molecule has 18 heavy (non-hydrogen) atoms. The first-order chi connectivity index (χ1) is 8.64. The summed E-state index contributed by atoms with van der Waals surface area (Å²) in [6.45, 7) is 0.260. The summed E-state index contributed by atoms with van der Waals surface area (Å²) in [5.74, 6) is 1.46. The molecule has 2 bridgehead atoms. The minimum Gasteiger partial charge on any atom is -0.396 e. The third kappa shape index (κ3) is 1.97. The zero-order chi connectivity index (χ0) is 12.8. The zero-order valence-electron chi connectivity index (χ0n) is 10.3. The van der Waals surface area contributed by atoms with Crippen molar-refractivity contribution in [3.63, 3.8) is 0 Å². The van der Waals surface area contributed by atoms with Crippen molar-refractivity contribution in [3.05, 3.63) is 33.8 Å². The Kier molecular flexibility index (Phi) is 3.34. The highest BCUT2D eigenvalue weighted by atomic mass is 35.5. The predicted molar refractivity (Wildman–Crippen MR) is 75.1 cm³/mol. The first-order valence-electron chi connectivity index (χ1n) is 6.68. The first-order valence-corrected chi connectivity index (χ1v) is 7.44. The number of hydrogen-bond donors (Lipinski definition) is 1. The fourth-order valence-corrected chi connectivity index (χ4v) is 4.61. The fraction of sp³-hybridized carbons (Fsp3) is 0.600. The Balaban J connectivity index is 1.91. The number of aliphatic hydroxyl groups excluding tert-OH is 1. The van der Waals surface area contributed by atoms with Crippen LogP contribution in [0.15, 0.2) is 18.2 Å². The van der Waals surface area contributed by atoms with Crippen molar-refractivity contribution >= 4 is 23.2 Å². The van der Waals surface area contributed by atoms with Gasteiger partial charge in [0.1, 0.15) is 0 Å². The third-order valence-corrected chi connectivity index (χ3v) is 5.72. The highest BCUT2D eigenvalue weighted by Gasteiger charge is 2.50. The monoisotopic (exact) mass is 284 g/mol. The van der Waals surface area contributed by atoms with Gasteiger partial charge in [-0.15, -0.1) is 0 Å². The van der Waals surface area contributed by atoms with E-state index in [9.17, 15) is 5.11 Å². The number of benzene rings is 1. The van der Waals surface area contributed by atoms with Gasteiger partial charge in [0, 0.05) is 22.1 Å². The van der Waals surface area contributed by atoms with Gasteiger partial charge in [-0.05, 0) is 55.2 Å². The number of rotatable bonds is 3. The van der Waals surface area contributed by atoms with Crippen molar-refractivity contribution in [2.75, 3.05) is 6.61 Å². The van der Waals surface area contributed by atoms with Crippen LogP contribution in [0.1, 0.15) is 31.2 Å². The van der Waals surface area contributed by atoms with E-state index in [2.05, 4.69) is 0 Å². The van der Waals surface area contributed by atoms with Gasteiger partial charge in [-0.3, -0.25) is 0 Å². The van der Waals surface area contributed by atoms with E-state index in [1.165, 1.54) is 19.3 Å². The van der Waals surface area contributed by atoms with E-state index in [4.69, 9.17) is 23.2 Å². The molecule has 3 unspecified atom stereocenters. The van der Waals surface area contributed by atoms with Crippen molar-refractivity contribution in [2.45, 2.75) is 32.1 Å². The Morgan fingerprint density at radius 1 is 1.22 bits per heavy atom. The van der Waals surface area contributed by atoms with Crippen molar-refractivity contribution in [1.82, 2.24) is 0 Å². The van der Waals surface area contributed by atoms with Crippen LogP contribution in [0.2, 0.25) is 10.0 Å². The molecular weight excluding hydrogens is 267 g/mol. The molecule has 0 radical (unpaired) electrons. The molecule has 2 fully saturated rings. The molecule has 0 aliphatic heterocycles. The molecule has 1 nitrogen and oxygen atoms in total. The number of aliphatic hydroxyl groups is 1. The molecule has 98 valence electrons. The Bertz CT molecular complexity index is 440. The van der Waals surface area contributed by atoms with Crippen LogP contribution in [0.3, 0.4) is 0 Å². The molecule has 0 aromatic heterocycles. The molecule has 0 saturated heterocycles. The van der Waals surface area contributed by atoms with Crippen LogP contribution < -0.4 is 0 Å². The van der Waals surface area contributed by atoms with Crippen LogP contribution in [0.5, 0.6) is 0 Å². The predicted octanol–water partition coefficient (Wildman–Crippen LogP) is 4.33. The first kappa shape index (κ1) is 12.8. The Labute approximate surface area is 118 Å². The summed E-state index contributed by atoms with van der Waals surface area (Å²) < 4.78 is 0. The smallest absolute Gasteiger partial charge is 0.0493 e. The Morgan fingerprint density at radius 2 is 1.94 bits per heavy atom. The molecule has 1 aromatic carbocycles. The summed E-state index contributed by atoms with van der Waals surface area (Å²) in [7, 11) is 0. The molecule has 1 aromatic rings. The second-order valence-corrected chi connectivity index (χ2v) is 6.79. The van der Waals surface area contributed by atoms with Crippen LogP contribution in [-0.4, -0.2) is 11.7 Å². The zero-order valence-corrected chi connectivity index (χ0v) is 11.8. The van der Waals surface area contributed by atoms with Gasteiger partial charge in [0.2, 0.25) is 0 Å². The Hall–Kier alpha value is -0.240. The van der Waals surface area contributed by atoms with E-state index in [1.54, 1.807) is 0 Å². The standard InChI is InChI=1S/C15H18Cl2O/c16-13-2-1-3-14(17)12(13)8-15(9-18)7-10-4-5-11(15)6-10/h1-3,10-11,18H,4-9H2. The topological polar surface area (TPSA) is 20.2 Å². The van der Waals surface area contributed by atoms with Gasteiger partial charge in [0.15, 0.2) is 0 Å². The van der Waals surface area contributed by atoms with Crippen LogP contribution in [0.4, 0.5) is 0 Å².